The molecule has 5 nitrogen and oxygen atoms in total. The lowest BCUT2D eigenvalue weighted by atomic mass is 9.79. The van der Waals surface area contributed by atoms with E-state index in [2.05, 4.69) is 9.40 Å². The van der Waals surface area contributed by atoms with E-state index in [0.717, 1.165) is 32.1 Å². The standard InChI is InChI=1S/C18H26F3NO4/c1-11-14(22-15(26-11)18(19,20)21)10-25-13-6-4-5-12(9-13)7-8-17(2,3)16(23)24/h12-13H,4-10H2,1-3H3,(H,23,24). The average molecular weight is 377 g/mol. The second kappa shape index (κ2) is 7.98. The van der Waals surface area contributed by atoms with E-state index < -0.39 is 23.5 Å². The molecule has 2 unspecified atom stereocenters. The molecule has 1 saturated carbocycles. The molecule has 0 aliphatic heterocycles. The Morgan fingerprint density at radius 3 is 2.62 bits per heavy atom. The first kappa shape index (κ1) is 20.7. The highest BCUT2D eigenvalue weighted by molar-refractivity contribution is 5.73. The minimum atomic E-state index is -4.60. The Bertz CT molecular complexity index is 624. The molecule has 1 aromatic heterocycles. The number of carboxylic acid groups (broad SMARTS) is 1. The van der Waals surface area contributed by atoms with Crippen molar-refractivity contribution in [2.24, 2.45) is 11.3 Å². The number of ether oxygens (including phenoxy) is 1. The molecule has 8 heteroatoms. The number of hydrogen-bond acceptors (Lipinski definition) is 4. The highest BCUT2D eigenvalue weighted by Crippen LogP contribution is 2.34. The highest BCUT2D eigenvalue weighted by Gasteiger charge is 2.38. The molecular weight excluding hydrogens is 351 g/mol. The van der Waals surface area contributed by atoms with E-state index in [1.54, 1.807) is 13.8 Å². The number of halogens is 3. The van der Waals surface area contributed by atoms with E-state index in [0.29, 0.717) is 12.3 Å². The van der Waals surface area contributed by atoms with Crippen molar-refractivity contribution in [2.75, 3.05) is 0 Å². The summed E-state index contributed by atoms with van der Waals surface area (Å²) in [6.07, 6.45) is 0.381. The number of carboxylic acids is 1. The summed E-state index contributed by atoms with van der Waals surface area (Å²) in [7, 11) is 0. The van der Waals surface area contributed by atoms with Gasteiger partial charge >= 0.3 is 18.0 Å². The maximum Gasteiger partial charge on any atom is 0.468 e. The molecule has 0 aromatic carbocycles. The SMILES string of the molecule is Cc1oc(C(F)(F)F)nc1COC1CCCC(CCC(C)(C)C(=O)O)C1. The smallest absolute Gasteiger partial charge is 0.468 e. The van der Waals surface area contributed by atoms with Gasteiger partial charge in [0.2, 0.25) is 0 Å². The van der Waals surface area contributed by atoms with E-state index in [9.17, 15) is 23.1 Å². The van der Waals surface area contributed by atoms with Crippen LogP contribution >= 0.6 is 0 Å². The lowest BCUT2D eigenvalue weighted by molar-refractivity contribution is -0.157. The maximum atomic E-state index is 12.6. The molecule has 1 aromatic rings. The summed E-state index contributed by atoms with van der Waals surface area (Å²) in [6.45, 7) is 4.87. The lowest BCUT2D eigenvalue weighted by Gasteiger charge is -2.30. The number of alkyl halides is 3. The molecule has 148 valence electrons. The molecule has 0 bridgehead atoms. The molecular formula is C18H26F3NO4. The van der Waals surface area contributed by atoms with Gasteiger partial charge in [-0.25, -0.2) is 4.98 Å². The Labute approximate surface area is 150 Å². The van der Waals surface area contributed by atoms with Crippen molar-refractivity contribution in [3.05, 3.63) is 17.3 Å². The number of hydrogen-bond donors (Lipinski definition) is 1. The van der Waals surface area contributed by atoms with Crippen molar-refractivity contribution in [1.29, 1.82) is 0 Å². The quantitative estimate of drug-likeness (QED) is 0.726. The highest BCUT2D eigenvalue weighted by atomic mass is 19.4. The summed E-state index contributed by atoms with van der Waals surface area (Å²) in [5.74, 6) is -1.56. The van der Waals surface area contributed by atoms with Crippen LogP contribution in [0.4, 0.5) is 13.2 Å². The van der Waals surface area contributed by atoms with Gasteiger partial charge in [-0.3, -0.25) is 4.79 Å². The fourth-order valence-electron chi connectivity index (χ4n) is 3.21. The molecule has 1 aliphatic rings. The summed E-state index contributed by atoms with van der Waals surface area (Å²) in [4.78, 5) is 14.7. The van der Waals surface area contributed by atoms with Crippen molar-refractivity contribution in [3.8, 4) is 0 Å². The Hall–Kier alpha value is -1.57. The van der Waals surface area contributed by atoms with Crippen LogP contribution in [0.5, 0.6) is 0 Å². The van der Waals surface area contributed by atoms with Crippen molar-refractivity contribution >= 4 is 5.97 Å². The fourth-order valence-corrected chi connectivity index (χ4v) is 3.21. The van der Waals surface area contributed by atoms with Gasteiger partial charge in [0.25, 0.3) is 0 Å². The zero-order valence-corrected chi connectivity index (χ0v) is 15.4. The van der Waals surface area contributed by atoms with Crippen LogP contribution < -0.4 is 0 Å². The van der Waals surface area contributed by atoms with Gasteiger partial charge in [-0.2, -0.15) is 13.2 Å². The lowest BCUT2D eigenvalue weighted by Crippen LogP contribution is -2.27. The summed E-state index contributed by atoms with van der Waals surface area (Å²) >= 11 is 0. The van der Waals surface area contributed by atoms with E-state index >= 15 is 0 Å². The first-order valence-corrected chi connectivity index (χ1v) is 8.87. The average Bonchev–Trinajstić information content (AvgIpc) is 2.93. The Morgan fingerprint density at radius 2 is 2.04 bits per heavy atom. The number of carbonyl (C=O) groups is 1. The second-order valence-corrected chi connectivity index (χ2v) is 7.71. The molecule has 0 radical (unpaired) electrons. The van der Waals surface area contributed by atoms with Crippen LogP contribution in [0.3, 0.4) is 0 Å². The number of nitrogens with zero attached hydrogens (tertiary/aromatic N) is 1. The van der Waals surface area contributed by atoms with Crippen molar-refractivity contribution in [2.45, 2.75) is 78.2 Å². The van der Waals surface area contributed by atoms with Crippen LogP contribution in [0.2, 0.25) is 0 Å². The summed E-state index contributed by atoms with van der Waals surface area (Å²) in [6, 6.07) is 0. The zero-order valence-electron chi connectivity index (χ0n) is 15.4. The molecule has 1 fully saturated rings. The largest absolute Gasteiger partial charge is 0.481 e. The van der Waals surface area contributed by atoms with Gasteiger partial charge in [-0.15, -0.1) is 0 Å². The number of aryl methyl sites for hydroxylation is 1. The van der Waals surface area contributed by atoms with Gasteiger partial charge in [0.15, 0.2) is 0 Å². The zero-order chi connectivity index (χ0) is 19.5. The fraction of sp³-hybridized carbons (Fsp3) is 0.778. The van der Waals surface area contributed by atoms with Crippen LogP contribution in [0.25, 0.3) is 0 Å². The number of oxazole rings is 1. The van der Waals surface area contributed by atoms with Crippen molar-refractivity contribution in [1.82, 2.24) is 4.98 Å². The van der Waals surface area contributed by atoms with Gasteiger partial charge in [0.05, 0.1) is 18.1 Å². The third kappa shape index (κ3) is 5.46. The molecule has 2 rings (SSSR count). The Balaban J connectivity index is 1.85. The molecule has 1 aliphatic carbocycles. The van der Waals surface area contributed by atoms with Crippen molar-refractivity contribution < 1.29 is 32.2 Å². The second-order valence-electron chi connectivity index (χ2n) is 7.71. The van der Waals surface area contributed by atoms with E-state index in [-0.39, 0.29) is 24.2 Å². The molecule has 26 heavy (non-hydrogen) atoms. The molecule has 2 atom stereocenters. The third-order valence-corrected chi connectivity index (χ3v) is 5.08. The molecule has 0 spiro atoms. The minimum absolute atomic E-state index is 0.0105. The van der Waals surface area contributed by atoms with Crippen molar-refractivity contribution in [3.63, 3.8) is 0 Å². The normalized spacial score (nSPS) is 21.8. The molecule has 0 amide bonds. The Morgan fingerprint density at radius 1 is 1.35 bits per heavy atom. The number of rotatable bonds is 7. The van der Waals surface area contributed by atoms with Crippen LogP contribution in [-0.4, -0.2) is 22.2 Å². The maximum absolute atomic E-state index is 12.6. The van der Waals surface area contributed by atoms with E-state index in [1.807, 2.05) is 0 Å². The summed E-state index contributed by atoms with van der Waals surface area (Å²) < 4.78 is 48.3. The monoisotopic (exact) mass is 377 g/mol. The summed E-state index contributed by atoms with van der Waals surface area (Å²) in [5, 5.41) is 9.20. The van der Waals surface area contributed by atoms with Crippen LogP contribution in [-0.2, 0) is 22.3 Å². The van der Waals surface area contributed by atoms with E-state index in [1.165, 1.54) is 6.92 Å². The van der Waals surface area contributed by atoms with Crippen LogP contribution in [0, 0.1) is 18.3 Å². The van der Waals surface area contributed by atoms with Crippen LogP contribution in [0.15, 0.2) is 4.42 Å². The topological polar surface area (TPSA) is 72.6 Å². The first-order valence-electron chi connectivity index (χ1n) is 8.87. The van der Waals surface area contributed by atoms with Gasteiger partial charge < -0.3 is 14.3 Å². The van der Waals surface area contributed by atoms with Gasteiger partial charge in [-0.05, 0) is 52.4 Å². The van der Waals surface area contributed by atoms with E-state index in [4.69, 9.17) is 4.74 Å². The number of aromatic nitrogens is 1. The van der Waals surface area contributed by atoms with Gasteiger partial charge in [0.1, 0.15) is 11.5 Å². The predicted molar refractivity (Wildman–Crippen MR) is 87.4 cm³/mol. The molecule has 1 N–H and O–H groups in total. The number of aliphatic carboxylic acids is 1. The molecule has 1 heterocycles. The molecule has 0 saturated heterocycles. The summed E-state index contributed by atoms with van der Waals surface area (Å²) in [5.41, 5.74) is -0.578. The van der Waals surface area contributed by atoms with Gasteiger partial charge in [0, 0.05) is 0 Å². The predicted octanol–water partition coefficient (Wildman–Crippen LogP) is 4.97. The third-order valence-electron chi connectivity index (χ3n) is 5.08. The Kier molecular flexibility index (Phi) is 6.37. The van der Waals surface area contributed by atoms with Gasteiger partial charge in [-0.1, -0.05) is 12.8 Å². The van der Waals surface area contributed by atoms with Crippen LogP contribution in [0.1, 0.15) is 69.7 Å². The first-order chi connectivity index (χ1) is 12.0. The minimum Gasteiger partial charge on any atom is -0.481 e.